The third kappa shape index (κ3) is 1.66. The molecule has 1 aromatic carbocycles. The van der Waals surface area contributed by atoms with Crippen molar-refractivity contribution in [2.45, 2.75) is 12.2 Å². The van der Waals surface area contributed by atoms with Crippen molar-refractivity contribution in [2.75, 3.05) is 25.0 Å². The molecule has 3 heterocycles. The Morgan fingerprint density at radius 2 is 2.14 bits per heavy atom. The number of guanidine groups is 1. The van der Waals surface area contributed by atoms with Gasteiger partial charge in [-0.05, 0) is 12.1 Å². The van der Waals surface area contributed by atoms with Crippen molar-refractivity contribution in [3.8, 4) is 5.75 Å². The van der Waals surface area contributed by atoms with Crippen LogP contribution in [0, 0.1) is 0 Å². The number of rotatable bonds is 1. The zero-order chi connectivity index (χ0) is 15.4. The van der Waals surface area contributed by atoms with E-state index in [1.165, 1.54) is 4.90 Å². The van der Waals surface area contributed by atoms with Crippen molar-refractivity contribution in [3.63, 3.8) is 0 Å². The number of hydrogen-bond donors (Lipinski definition) is 2. The Hall–Kier alpha value is -2.77. The molecule has 2 atom stereocenters. The van der Waals surface area contributed by atoms with Crippen LogP contribution in [-0.4, -0.2) is 65.1 Å². The Bertz CT molecular complexity index is 703. The highest BCUT2D eigenvalue weighted by Gasteiger charge is 2.51. The summed E-state index contributed by atoms with van der Waals surface area (Å²) in [6.07, 6.45) is -0.503. The lowest BCUT2D eigenvalue weighted by atomic mass is 10.1. The summed E-state index contributed by atoms with van der Waals surface area (Å²) in [5.41, 5.74) is 0.814. The van der Waals surface area contributed by atoms with E-state index < -0.39 is 18.2 Å². The lowest BCUT2D eigenvalue weighted by molar-refractivity contribution is -0.126. The van der Waals surface area contributed by atoms with Crippen molar-refractivity contribution in [3.05, 3.63) is 24.3 Å². The largest absolute Gasteiger partial charge is 0.508 e. The zero-order valence-corrected chi connectivity index (χ0v) is 11.9. The minimum absolute atomic E-state index is 0.178. The van der Waals surface area contributed by atoms with Gasteiger partial charge in [-0.3, -0.25) is 10.1 Å². The number of aromatic hydroxyl groups is 1. The molecule has 22 heavy (non-hydrogen) atoms. The number of benzene rings is 1. The number of anilines is 1. The van der Waals surface area contributed by atoms with Crippen LogP contribution in [-0.2, 0) is 4.79 Å². The van der Waals surface area contributed by atoms with Gasteiger partial charge in [0.25, 0.3) is 5.91 Å². The topological polar surface area (TPSA) is 88.5 Å². The van der Waals surface area contributed by atoms with Crippen molar-refractivity contribution in [1.29, 1.82) is 0 Å². The first-order valence-corrected chi connectivity index (χ1v) is 7.05. The molecule has 0 radical (unpaired) electrons. The Balaban J connectivity index is 1.71. The van der Waals surface area contributed by atoms with Gasteiger partial charge in [0.05, 0.1) is 0 Å². The van der Waals surface area contributed by atoms with Crippen molar-refractivity contribution in [1.82, 2.24) is 15.1 Å². The number of likely N-dealkylation sites (N-methyl/N-ethyl adjacent to an activating group) is 1. The summed E-state index contributed by atoms with van der Waals surface area (Å²) in [5, 5.41) is 12.0. The van der Waals surface area contributed by atoms with Crippen molar-refractivity contribution in [2.24, 2.45) is 4.99 Å². The minimum atomic E-state index is -0.503. The molecule has 8 heteroatoms. The minimum Gasteiger partial charge on any atom is -0.508 e. The van der Waals surface area contributed by atoms with Gasteiger partial charge in [0.1, 0.15) is 5.75 Å². The molecule has 0 spiro atoms. The fraction of sp³-hybridized carbons (Fsp3) is 0.357. The molecule has 3 aliphatic heterocycles. The number of urea groups is 1. The smallest absolute Gasteiger partial charge is 0.325 e. The van der Waals surface area contributed by atoms with Gasteiger partial charge in [-0.15, -0.1) is 0 Å². The van der Waals surface area contributed by atoms with Gasteiger partial charge < -0.3 is 19.8 Å². The number of aliphatic imine (C=N–C) groups is 1. The summed E-state index contributed by atoms with van der Waals surface area (Å²) in [6.45, 7) is 1.32. The van der Waals surface area contributed by atoms with E-state index in [2.05, 4.69) is 10.3 Å². The third-order valence-corrected chi connectivity index (χ3v) is 4.29. The van der Waals surface area contributed by atoms with Crippen LogP contribution in [0.5, 0.6) is 5.75 Å². The average molecular weight is 301 g/mol. The van der Waals surface area contributed by atoms with Gasteiger partial charge in [0.15, 0.2) is 12.2 Å². The van der Waals surface area contributed by atoms with Crippen LogP contribution in [0.4, 0.5) is 10.5 Å². The Morgan fingerprint density at radius 3 is 2.91 bits per heavy atom. The SMILES string of the molecule is CN1C(=O)NC(=O)C2C1N=C1N(c3cccc(O)c3)CCN12. The number of phenols is 1. The molecular weight excluding hydrogens is 286 g/mol. The van der Waals surface area contributed by atoms with E-state index in [1.54, 1.807) is 25.2 Å². The van der Waals surface area contributed by atoms with Crippen molar-refractivity contribution >= 4 is 23.6 Å². The van der Waals surface area contributed by atoms with Crippen molar-refractivity contribution < 1.29 is 14.7 Å². The standard InChI is InChI=1S/C14H15N5O3/c1-17-11-10(12(21)16-14(17)22)19-6-5-18(13(19)15-11)8-3-2-4-9(20)7-8/h2-4,7,10-11,20H,5-6H2,1H3,(H,16,21,22). The molecule has 1 aromatic rings. The number of nitrogens with zero attached hydrogens (tertiary/aromatic N) is 4. The highest BCUT2D eigenvalue weighted by Crippen LogP contribution is 2.32. The van der Waals surface area contributed by atoms with E-state index >= 15 is 0 Å². The zero-order valence-electron chi connectivity index (χ0n) is 11.9. The number of phenolic OH excluding ortho intramolecular Hbond substituents is 1. The van der Waals surface area contributed by atoms with E-state index in [4.69, 9.17) is 0 Å². The fourth-order valence-electron chi connectivity index (χ4n) is 3.19. The van der Waals surface area contributed by atoms with Crippen LogP contribution in [0.25, 0.3) is 0 Å². The van der Waals surface area contributed by atoms with E-state index in [1.807, 2.05) is 15.9 Å². The molecule has 3 aliphatic rings. The predicted molar refractivity (Wildman–Crippen MR) is 78.5 cm³/mol. The Morgan fingerprint density at radius 1 is 1.32 bits per heavy atom. The number of carbonyl (C=O) groups excluding carboxylic acids is 2. The first-order valence-electron chi connectivity index (χ1n) is 7.05. The Labute approximate surface area is 126 Å². The van der Waals surface area contributed by atoms with Gasteiger partial charge >= 0.3 is 6.03 Å². The van der Waals surface area contributed by atoms with Gasteiger partial charge in [-0.2, -0.15) is 0 Å². The molecular formula is C14H15N5O3. The quantitative estimate of drug-likeness (QED) is 0.747. The molecule has 3 amide bonds. The molecule has 8 nitrogen and oxygen atoms in total. The average Bonchev–Trinajstić information content (AvgIpc) is 3.03. The Kier molecular flexibility index (Phi) is 2.56. The van der Waals surface area contributed by atoms with Crippen LogP contribution in [0.15, 0.2) is 29.3 Å². The van der Waals surface area contributed by atoms with Crippen LogP contribution in [0.2, 0.25) is 0 Å². The highest BCUT2D eigenvalue weighted by atomic mass is 16.3. The highest BCUT2D eigenvalue weighted by molar-refractivity contribution is 6.07. The number of nitrogens with one attached hydrogen (secondary N) is 1. The van der Waals surface area contributed by atoms with Gasteiger partial charge in [-0.1, -0.05) is 6.07 Å². The van der Waals surface area contributed by atoms with Gasteiger partial charge in [0, 0.05) is 31.9 Å². The normalized spacial score (nSPS) is 26.8. The molecule has 0 aromatic heterocycles. The van der Waals surface area contributed by atoms with E-state index in [0.29, 0.717) is 19.0 Å². The molecule has 114 valence electrons. The summed E-state index contributed by atoms with van der Waals surface area (Å²) in [4.78, 5) is 33.7. The van der Waals surface area contributed by atoms with Crippen LogP contribution in [0.3, 0.4) is 0 Å². The number of fused-ring (bicyclic) bond motifs is 3. The first kappa shape index (κ1) is 12.9. The molecule has 0 bridgehead atoms. The fourth-order valence-corrected chi connectivity index (χ4v) is 3.19. The van der Waals surface area contributed by atoms with E-state index in [0.717, 1.165) is 5.69 Å². The van der Waals surface area contributed by atoms with Crippen LogP contribution < -0.4 is 10.2 Å². The number of carbonyl (C=O) groups is 2. The molecule has 0 aliphatic carbocycles. The number of amides is 3. The maximum atomic E-state index is 12.1. The monoisotopic (exact) mass is 301 g/mol. The predicted octanol–water partition coefficient (Wildman–Crippen LogP) is -0.240. The lowest BCUT2D eigenvalue weighted by Crippen LogP contribution is -2.63. The van der Waals surface area contributed by atoms with Crippen LogP contribution >= 0.6 is 0 Å². The summed E-state index contributed by atoms with van der Waals surface area (Å²) < 4.78 is 0. The molecule has 2 N–H and O–H groups in total. The van der Waals surface area contributed by atoms with E-state index in [9.17, 15) is 14.7 Å². The number of hydrogen-bond acceptors (Lipinski definition) is 6. The summed E-state index contributed by atoms with van der Waals surface area (Å²) in [6, 6.07) is 5.98. The maximum absolute atomic E-state index is 12.1. The molecule has 0 saturated carbocycles. The molecule has 2 unspecified atom stereocenters. The van der Waals surface area contributed by atoms with Gasteiger partial charge in [0.2, 0.25) is 5.96 Å². The second kappa shape index (κ2) is 4.36. The molecule has 2 saturated heterocycles. The third-order valence-electron chi connectivity index (χ3n) is 4.29. The summed E-state index contributed by atoms with van der Waals surface area (Å²) >= 11 is 0. The second-order valence-corrected chi connectivity index (χ2v) is 5.56. The molecule has 2 fully saturated rings. The second-order valence-electron chi connectivity index (χ2n) is 5.56. The maximum Gasteiger partial charge on any atom is 0.325 e. The lowest BCUT2D eigenvalue weighted by Gasteiger charge is -2.34. The summed E-state index contributed by atoms with van der Waals surface area (Å²) in [5.74, 6) is 0.527. The molecule has 4 rings (SSSR count). The van der Waals surface area contributed by atoms with E-state index in [-0.39, 0.29) is 11.7 Å². The van der Waals surface area contributed by atoms with Crippen LogP contribution in [0.1, 0.15) is 0 Å². The number of imide groups is 1. The first-order chi connectivity index (χ1) is 10.6. The summed E-state index contributed by atoms with van der Waals surface area (Å²) in [7, 11) is 1.63. The van der Waals surface area contributed by atoms with Gasteiger partial charge in [-0.25, -0.2) is 9.79 Å².